The lowest BCUT2D eigenvalue weighted by atomic mass is 10.0. The molecule has 0 radical (unpaired) electrons. The molecule has 4 nitrogen and oxygen atoms in total. The normalized spacial score (nSPS) is 11.0. The van der Waals surface area contributed by atoms with E-state index in [0.717, 1.165) is 27.7 Å². The number of aryl methyl sites for hydroxylation is 1. The average molecular weight is 260 g/mol. The maximum atomic E-state index is 11.2. The van der Waals surface area contributed by atoms with E-state index in [4.69, 9.17) is 11.6 Å². The molecule has 0 bridgehead atoms. The van der Waals surface area contributed by atoms with Gasteiger partial charge >= 0.3 is 5.69 Å². The number of nitrogens with zero attached hydrogens (tertiary/aromatic N) is 1. The zero-order valence-corrected chi connectivity index (χ0v) is 10.4. The first kappa shape index (κ1) is 11.0. The third-order valence-electron chi connectivity index (χ3n) is 2.92. The Hall–Kier alpha value is -2.07. The number of aromatic amines is 2. The molecule has 2 heterocycles. The molecular formula is C13H10ClN3O. The summed E-state index contributed by atoms with van der Waals surface area (Å²) in [6.45, 7) is 1.98. The predicted molar refractivity (Wildman–Crippen MR) is 71.9 cm³/mol. The Morgan fingerprint density at radius 2 is 1.94 bits per heavy atom. The average Bonchev–Trinajstić information content (AvgIpc) is 2.68. The van der Waals surface area contributed by atoms with E-state index in [0.29, 0.717) is 5.15 Å². The van der Waals surface area contributed by atoms with Crippen LogP contribution in [0.2, 0.25) is 5.15 Å². The van der Waals surface area contributed by atoms with E-state index in [9.17, 15) is 4.79 Å². The second-order valence-electron chi connectivity index (χ2n) is 4.13. The van der Waals surface area contributed by atoms with Crippen molar-refractivity contribution in [1.29, 1.82) is 0 Å². The lowest BCUT2D eigenvalue weighted by Gasteiger charge is -2.07. The first-order valence-corrected chi connectivity index (χ1v) is 5.86. The van der Waals surface area contributed by atoms with E-state index in [1.807, 2.05) is 31.2 Å². The highest BCUT2D eigenvalue weighted by molar-refractivity contribution is 6.32. The molecule has 0 saturated carbocycles. The third kappa shape index (κ3) is 1.71. The van der Waals surface area contributed by atoms with Crippen LogP contribution in [0.1, 0.15) is 5.56 Å². The predicted octanol–water partition coefficient (Wildman–Crippen LogP) is 2.88. The third-order valence-corrected chi connectivity index (χ3v) is 3.20. The first-order chi connectivity index (χ1) is 8.65. The summed E-state index contributed by atoms with van der Waals surface area (Å²) in [5, 5.41) is 0.465. The van der Waals surface area contributed by atoms with Crippen molar-refractivity contribution in [2.45, 2.75) is 6.92 Å². The van der Waals surface area contributed by atoms with Crippen LogP contribution in [-0.4, -0.2) is 15.0 Å². The molecule has 0 unspecified atom stereocenters. The molecule has 0 atom stereocenters. The quantitative estimate of drug-likeness (QED) is 0.660. The van der Waals surface area contributed by atoms with Crippen molar-refractivity contribution in [2.75, 3.05) is 0 Å². The van der Waals surface area contributed by atoms with Crippen LogP contribution < -0.4 is 5.69 Å². The molecule has 2 aromatic heterocycles. The Morgan fingerprint density at radius 1 is 1.17 bits per heavy atom. The van der Waals surface area contributed by atoms with Gasteiger partial charge in [-0.25, -0.2) is 9.78 Å². The molecule has 1 aromatic carbocycles. The molecule has 0 aliphatic carbocycles. The monoisotopic (exact) mass is 259 g/mol. The van der Waals surface area contributed by atoms with E-state index in [1.54, 1.807) is 6.20 Å². The van der Waals surface area contributed by atoms with Gasteiger partial charge in [-0.05, 0) is 36.2 Å². The van der Waals surface area contributed by atoms with Crippen LogP contribution in [0.25, 0.3) is 22.2 Å². The summed E-state index contributed by atoms with van der Waals surface area (Å²) in [6.07, 6.45) is 1.68. The van der Waals surface area contributed by atoms with Gasteiger partial charge in [-0.2, -0.15) is 0 Å². The smallest absolute Gasteiger partial charge is 0.306 e. The molecular weight excluding hydrogens is 250 g/mol. The molecule has 18 heavy (non-hydrogen) atoms. The topological polar surface area (TPSA) is 61.5 Å². The lowest BCUT2D eigenvalue weighted by molar-refractivity contribution is 1.21. The Labute approximate surface area is 108 Å². The number of H-pyrrole nitrogens is 2. The number of nitrogens with one attached hydrogen (secondary N) is 2. The maximum Gasteiger partial charge on any atom is 0.323 e. The molecule has 0 saturated heterocycles. The molecule has 0 amide bonds. The Kier molecular flexibility index (Phi) is 2.45. The zero-order valence-electron chi connectivity index (χ0n) is 9.62. The van der Waals surface area contributed by atoms with Crippen molar-refractivity contribution in [2.24, 2.45) is 0 Å². The van der Waals surface area contributed by atoms with Crippen molar-refractivity contribution in [3.63, 3.8) is 0 Å². The van der Waals surface area contributed by atoms with Crippen LogP contribution in [0, 0.1) is 6.92 Å². The SMILES string of the molecule is Cc1ccnc(Cl)c1-c1ccc2[nH]c(=O)[nH]c2c1. The van der Waals surface area contributed by atoms with E-state index in [1.165, 1.54) is 0 Å². The number of hydrogen-bond acceptors (Lipinski definition) is 2. The van der Waals surface area contributed by atoms with Crippen LogP contribution in [0.3, 0.4) is 0 Å². The van der Waals surface area contributed by atoms with Gasteiger partial charge in [0.05, 0.1) is 11.0 Å². The summed E-state index contributed by atoms with van der Waals surface area (Å²) >= 11 is 6.13. The van der Waals surface area contributed by atoms with E-state index in [-0.39, 0.29) is 5.69 Å². The van der Waals surface area contributed by atoms with Gasteiger partial charge in [0.1, 0.15) is 5.15 Å². The number of benzene rings is 1. The van der Waals surface area contributed by atoms with Gasteiger partial charge < -0.3 is 9.97 Å². The van der Waals surface area contributed by atoms with Gasteiger partial charge in [0.15, 0.2) is 0 Å². The summed E-state index contributed by atoms with van der Waals surface area (Å²) in [6, 6.07) is 7.57. The van der Waals surface area contributed by atoms with Crippen molar-refractivity contribution in [3.05, 3.63) is 51.7 Å². The van der Waals surface area contributed by atoms with Gasteiger partial charge in [-0.3, -0.25) is 0 Å². The summed E-state index contributed by atoms with van der Waals surface area (Å²) in [4.78, 5) is 20.7. The minimum Gasteiger partial charge on any atom is -0.306 e. The largest absolute Gasteiger partial charge is 0.323 e. The number of rotatable bonds is 1. The number of pyridine rings is 1. The zero-order chi connectivity index (χ0) is 12.7. The molecule has 3 aromatic rings. The number of fused-ring (bicyclic) bond motifs is 1. The van der Waals surface area contributed by atoms with Crippen LogP contribution in [0.15, 0.2) is 35.3 Å². The number of imidazole rings is 1. The summed E-state index contributed by atoms with van der Waals surface area (Å²) in [5.41, 5.74) is 4.21. The lowest BCUT2D eigenvalue weighted by Crippen LogP contribution is -1.99. The van der Waals surface area contributed by atoms with Gasteiger partial charge in [-0.15, -0.1) is 0 Å². The Bertz CT molecular complexity index is 768. The highest BCUT2D eigenvalue weighted by Crippen LogP contribution is 2.30. The highest BCUT2D eigenvalue weighted by Gasteiger charge is 2.09. The molecule has 0 aliphatic rings. The van der Waals surface area contributed by atoms with Crippen LogP contribution in [-0.2, 0) is 0 Å². The second kappa shape index (κ2) is 3.99. The molecule has 0 fully saturated rings. The van der Waals surface area contributed by atoms with Crippen molar-refractivity contribution in [1.82, 2.24) is 15.0 Å². The molecule has 3 rings (SSSR count). The van der Waals surface area contributed by atoms with Crippen molar-refractivity contribution >= 4 is 22.6 Å². The Morgan fingerprint density at radius 3 is 2.72 bits per heavy atom. The van der Waals surface area contributed by atoms with E-state index >= 15 is 0 Å². The number of aromatic nitrogens is 3. The molecule has 0 aliphatic heterocycles. The van der Waals surface area contributed by atoms with Crippen molar-refractivity contribution < 1.29 is 0 Å². The fourth-order valence-corrected chi connectivity index (χ4v) is 2.37. The number of halogens is 1. The second-order valence-corrected chi connectivity index (χ2v) is 4.49. The fourth-order valence-electron chi connectivity index (χ4n) is 2.06. The van der Waals surface area contributed by atoms with Gasteiger partial charge in [0.2, 0.25) is 0 Å². The molecule has 90 valence electrons. The van der Waals surface area contributed by atoms with Gasteiger partial charge in [0.25, 0.3) is 0 Å². The standard InChI is InChI=1S/C13H10ClN3O/c1-7-4-5-15-12(14)11(7)8-2-3-9-10(6-8)17-13(18)16-9/h2-6H,1H3,(H2,16,17,18). The van der Waals surface area contributed by atoms with Crippen molar-refractivity contribution in [3.8, 4) is 11.1 Å². The highest BCUT2D eigenvalue weighted by atomic mass is 35.5. The van der Waals surface area contributed by atoms with Crippen LogP contribution in [0.4, 0.5) is 0 Å². The molecule has 2 N–H and O–H groups in total. The van der Waals surface area contributed by atoms with Crippen LogP contribution >= 0.6 is 11.6 Å². The van der Waals surface area contributed by atoms with Gasteiger partial charge in [-0.1, -0.05) is 17.7 Å². The fraction of sp³-hybridized carbons (Fsp3) is 0.0769. The summed E-state index contributed by atoms with van der Waals surface area (Å²) < 4.78 is 0. The minimum atomic E-state index is -0.212. The number of hydrogen-bond donors (Lipinski definition) is 2. The van der Waals surface area contributed by atoms with Crippen LogP contribution in [0.5, 0.6) is 0 Å². The van der Waals surface area contributed by atoms with Gasteiger partial charge in [0, 0.05) is 11.8 Å². The van der Waals surface area contributed by atoms with E-state index in [2.05, 4.69) is 15.0 Å². The molecule has 5 heteroatoms. The van der Waals surface area contributed by atoms with E-state index < -0.39 is 0 Å². The minimum absolute atomic E-state index is 0.212. The summed E-state index contributed by atoms with van der Waals surface area (Å²) in [5.74, 6) is 0. The maximum absolute atomic E-state index is 11.2. The Balaban J connectivity index is 2.28. The summed E-state index contributed by atoms with van der Waals surface area (Å²) in [7, 11) is 0. The first-order valence-electron chi connectivity index (χ1n) is 5.48. The molecule has 0 spiro atoms.